The number of aromatic nitrogens is 2. The molecule has 0 aliphatic rings. The third kappa shape index (κ3) is 5.35. The minimum Gasteiger partial charge on any atom is -0.383 e. The van der Waals surface area contributed by atoms with E-state index in [0.29, 0.717) is 16.9 Å². The first-order chi connectivity index (χ1) is 8.70. The second-order valence-electron chi connectivity index (χ2n) is 6.49. The van der Waals surface area contributed by atoms with Crippen LogP contribution in [0.4, 0.5) is 5.69 Å². The standard InChI is InChI=1S/C14H24BrN3O/c1-10(2)9-18-13(19)12(15)11(8-17-18)16-7-6-14(3,4)5/h8,10,16H,6-7,9H2,1-5H3. The van der Waals surface area contributed by atoms with Crippen LogP contribution in [0.5, 0.6) is 0 Å². The van der Waals surface area contributed by atoms with Crippen LogP contribution < -0.4 is 10.9 Å². The van der Waals surface area contributed by atoms with Crippen molar-refractivity contribution in [1.82, 2.24) is 9.78 Å². The molecule has 1 aromatic rings. The average molecular weight is 330 g/mol. The van der Waals surface area contributed by atoms with Gasteiger partial charge in [0.05, 0.1) is 11.9 Å². The van der Waals surface area contributed by atoms with Gasteiger partial charge in [0.2, 0.25) is 0 Å². The van der Waals surface area contributed by atoms with Gasteiger partial charge in [-0.1, -0.05) is 34.6 Å². The molecule has 1 aromatic heterocycles. The molecule has 1 N–H and O–H groups in total. The Balaban J connectivity index is 2.77. The van der Waals surface area contributed by atoms with E-state index in [2.05, 4.69) is 61.0 Å². The van der Waals surface area contributed by atoms with Crippen LogP contribution in [0.25, 0.3) is 0 Å². The zero-order chi connectivity index (χ0) is 14.6. The van der Waals surface area contributed by atoms with Gasteiger partial charge in [0.25, 0.3) is 5.56 Å². The molecular formula is C14H24BrN3O. The Bertz CT molecular complexity index is 475. The predicted molar refractivity (Wildman–Crippen MR) is 83.6 cm³/mol. The topological polar surface area (TPSA) is 46.9 Å². The lowest BCUT2D eigenvalue weighted by molar-refractivity contribution is 0.389. The molecule has 0 saturated heterocycles. The zero-order valence-corrected chi connectivity index (χ0v) is 14.0. The molecule has 0 spiro atoms. The number of hydrogen-bond acceptors (Lipinski definition) is 3. The lowest BCUT2D eigenvalue weighted by Gasteiger charge is -2.19. The summed E-state index contributed by atoms with van der Waals surface area (Å²) >= 11 is 3.37. The molecule has 0 aliphatic heterocycles. The van der Waals surface area contributed by atoms with E-state index in [-0.39, 0.29) is 11.0 Å². The van der Waals surface area contributed by atoms with E-state index < -0.39 is 0 Å². The number of anilines is 1. The lowest BCUT2D eigenvalue weighted by Crippen LogP contribution is -2.26. The normalized spacial score (nSPS) is 11.9. The van der Waals surface area contributed by atoms with Gasteiger partial charge >= 0.3 is 0 Å². The van der Waals surface area contributed by atoms with E-state index in [0.717, 1.165) is 18.7 Å². The van der Waals surface area contributed by atoms with Crippen LogP contribution in [-0.2, 0) is 6.54 Å². The molecule has 0 aliphatic carbocycles. The van der Waals surface area contributed by atoms with Crippen LogP contribution in [0.1, 0.15) is 41.0 Å². The molecule has 0 fully saturated rings. The maximum absolute atomic E-state index is 12.1. The summed E-state index contributed by atoms with van der Waals surface area (Å²) in [6.45, 7) is 12.2. The predicted octanol–water partition coefficient (Wildman–Crippen LogP) is 3.51. The van der Waals surface area contributed by atoms with Crippen molar-refractivity contribution in [1.29, 1.82) is 0 Å². The van der Waals surface area contributed by atoms with Crippen LogP contribution in [0, 0.1) is 11.3 Å². The Kier molecular flexibility index (Phi) is 5.59. The Labute approximate surface area is 123 Å². The summed E-state index contributed by atoms with van der Waals surface area (Å²) < 4.78 is 2.07. The van der Waals surface area contributed by atoms with Crippen molar-refractivity contribution in [2.45, 2.75) is 47.6 Å². The molecule has 108 valence electrons. The van der Waals surface area contributed by atoms with Gasteiger partial charge < -0.3 is 5.32 Å². The lowest BCUT2D eigenvalue weighted by atomic mass is 9.92. The first-order valence-corrected chi connectivity index (χ1v) is 7.49. The highest BCUT2D eigenvalue weighted by Gasteiger charge is 2.12. The monoisotopic (exact) mass is 329 g/mol. The minimum absolute atomic E-state index is 0.0746. The van der Waals surface area contributed by atoms with Crippen molar-refractivity contribution in [3.05, 3.63) is 21.0 Å². The van der Waals surface area contributed by atoms with E-state index in [1.54, 1.807) is 6.20 Å². The van der Waals surface area contributed by atoms with E-state index in [1.807, 2.05) is 0 Å². The molecule has 0 unspecified atom stereocenters. The van der Waals surface area contributed by atoms with Gasteiger partial charge in [-0.05, 0) is 33.7 Å². The van der Waals surface area contributed by atoms with Crippen LogP contribution >= 0.6 is 15.9 Å². The Morgan fingerprint density at radius 2 is 2.05 bits per heavy atom. The summed E-state index contributed by atoms with van der Waals surface area (Å²) in [4.78, 5) is 12.1. The molecular weight excluding hydrogens is 306 g/mol. The third-order valence-corrected chi connectivity index (χ3v) is 3.48. The molecule has 0 atom stereocenters. The minimum atomic E-state index is -0.0746. The maximum Gasteiger partial charge on any atom is 0.283 e. The van der Waals surface area contributed by atoms with Gasteiger partial charge in [-0.15, -0.1) is 0 Å². The van der Waals surface area contributed by atoms with Crippen LogP contribution in [0.3, 0.4) is 0 Å². The van der Waals surface area contributed by atoms with Crippen LogP contribution in [0.2, 0.25) is 0 Å². The Hall–Kier alpha value is -0.840. The van der Waals surface area contributed by atoms with Crippen molar-refractivity contribution in [2.75, 3.05) is 11.9 Å². The molecule has 0 bridgehead atoms. The van der Waals surface area contributed by atoms with Crippen molar-refractivity contribution in [2.24, 2.45) is 11.3 Å². The smallest absolute Gasteiger partial charge is 0.283 e. The molecule has 0 saturated carbocycles. The second-order valence-corrected chi connectivity index (χ2v) is 7.28. The van der Waals surface area contributed by atoms with Gasteiger partial charge in [-0.3, -0.25) is 4.79 Å². The fraction of sp³-hybridized carbons (Fsp3) is 0.714. The number of nitrogens with zero attached hydrogens (tertiary/aromatic N) is 2. The molecule has 4 nitrogen and oxygen atoms in total. The molecule has 0 amide bonds. The number of hydrogen-bond donors (Lipinski definition) is 1. The van der Waals surface area contributed by atoms with Crippen molar-refractivity contribution in [3.8, 4) is 0 Å². The van der Waals surface area contributed by atoms with Crippen molar-refractivity contribution in [3.63, 3.8) is 0 Å². The highest BCUT2D eigenvalue weighted by atomic mass is 79.9. The van der Waals surface area contributed by atoms with E-state index >= 15 is 0 Å². The molecule has 0 aromatic carbocycles. The summed E-state index contributed by atoms with van der Waals surface area (Å²) in [5.41, 5.74) is 0.975. The fourth-order valence-corrected chi connectivity index (χ4v) is 2.08. The van der Waals surface area contributed by atoms with Gasteiger partial charge in [0.15, 0.2) is 0 Å². The van der Waals surface area contributed by atoms with Crippen LogP contribution in [0.15, 0.2) is 15.5 Å². The molecule has 19 heavy (non-hydrogen) atoms. The maximum atomic E-state index is 12.1. The van der Waals surface area contributed by atoms with E-state index in [1.165, 1.54) is 4.68 Å². The number of rotatable bonds is 5. The van der Waals surface area contributed by atoms with Gasteiger partial charge in [0.1, 0.15) is 4.47 Å². The van der Waals surface area contributed by atoms with Gasteiger partial charge in [0, 0.05) is 13.1 Å². The summed E-state index contributed by atoms with van der Waals surface area (Å²) in [6.07, 6.45) is 2.76. The zero-order valence-electron chi connectivity index (χ0n) is 12.5. The van der Waals surface area contributed by atoms with Gasteiger partial charge in [-0.25, -0.2) is 4.68 Å². The Morgan fingerprint density at radius 1 is 1.42 bits per heavy atom. The summed E-state index contributed by atoms with van der Waals surface area (Å²) in [5.74, 6) is 0.400. The summed E-state index contributed by atoms with van der Waals surface area (Å²) in [5, 5.41) is 7.47. The first-order valence-electron chi connectivity index (χ1n) is 6.70. The van der Waals surface area contributed by atoms with E-state index in [9.17, 15) is 4.79 Å². The molecule has 1 rings (SSSR count). The SMILES string of the molecule is CC(C)Cn1ncc(NCCC(C)(C)C)c(Br)c1=O. The first kappa shape index (κ1) is 16.2. The quantitative estimate of drug-likeness (QED) is 0.899. The highest BCUT2D eigenvalue weighted by molar-refractivity contribution is 9.10. The average Bonchev–Trinajstić information content (AvgIpc) is 2.26. The highest BCUT2D eigenvalue weighted by Crippen LogP contribution is 2.20. The molecule has 5 heteroatoms. The van der Waals surface area contributed by atoms with Crippen molar-refractivity contribution < 1.29 is 0 Å². The number of halogens is 1. The largest absolute Gasteiger partial charge is 0.383 e. The third-order valence-electron chi connectivity index (χ3n) is 2.71. The fourth-order valence-electron chi connectivity index (χ4n) is 1.64. The van der Waals surface area contributed by atoms with Gasteiger partial charge in [-0.2, -0.15) is 5.10 Å². The molecule has 0 radical (unpaired) electrons. The summed E-state index contributed by atoms with van der Waals surface area (Å²) in [6, 6.07) is 0. The summed E-state index contributed by atoms with van der Waals surface area (Å²) in [7, 11) is 0. The Morgan fingerprint density at radius 3 is 2.58 bits per heavy atom. The number of nitrogens with one attached hydrogen (secondary N) is 1. The van der Waals surface area contributed by atoms with E-state index in [4.69, 9.17) is 0 Å². The molecule has 1 heterocycles. The van der Waals surface area contributed by atoms with Crippen molar-refractivity contribution >= 4 is 21.6 Å². The second kappa shape index (κ2) is 6.55. The van der Waals surface area contributed by atoms with Crippen LogP contribution in [-0.4, -0.2) is 16.3 Å².